The summed E-state index contributed by atoms with van der Waals surface area (Å²) in [4.78, 5) is 4.27. The van der Waals surface area contributed by atoms with Crippen LogP contribution in [-0.4, -0.2) is 85.9 Å². The Balaban J connectivity index is 0.000000135. The average Bonchev–Trinajstić information content (AvgIpc) is 3.01. The Hall–Kier alpha value is 0.0900. The van der Waals surface area contributed by atoms with E-state index in [1.165, 1.54) is 0 Å². The molecule has 0 aromatic rings. The minimum Gasteiger partial charge on any atom is -0.390 e. The zero-order chi connectivity index (χ0) is 13.5. The lowest BCUT2D eigenvalue weighted by molar-refractivity contribution is 0.0196. The molecule has 0 bridgehead atoms. The summed E-state index contributed by atoms with van der Waals surface area (Å²) in [5, 5.41) is 8.58. The quantitative estimate of drug-likeness (QED) is 0.530. The van der Waals surface area contributed by atoms with E-state index in [1.807, 2.05) is 7.05 Å². The van der Waals surface area contributed by atoms with Gasteiger partial charge in [-0.05, 0) is 20.5 Å². The number of β-amino-alcohol motifs (C(OH)–C–C–N with tert-alkyl or cyclic N) is 1. The number of alkyl halides is 1. The van der Waals surface area contributed by atoms with Crippen LogP contribution in [0.5, 0.6) is 0 Å². The van der Waals surface area contributed by atoms with Gasteiger partial charge in [0, 0.05) is 38.1 Å². The zero-order valence-electron chi connectivity index (χ0n) is 11.4. The van der Waals surface area contributed by atoms with E-state index in [0.717, 1.165) is 45.1 Å². The van der Waals surface area contributed by atoms with Crippen LogP contribution in [0.3, 0.4) is 0 Å². The van der Waals surface area contributed by atoms with Crippen molar-refractivity contribution in [1.29, 1.82) is 0 Å². The first kappa shape index (κ1) is 16.1. The number of nitrogens with two attached hydrogens (primary N) is 1. The number of rotatable bonds is 2. The number of likely N-dealkylation sites (tertiary alicyclic amines) is 2. The van der Waals surface area contributed by atoms with Crippen molar-refractivity contribution in [2.75, 3.05) is 52.8 Å². The number of halogens is 1. The van der Waals surface area contributed by atoms with E-state index in [0.29, 0.717) is 12.1 Å². The van der Waals surface area contributed by atoms with E-state index in [1.54, 1.807) is 0 Å². The number of ether oxygens (including phenoxy) is 1. The van der Waals surface area contributed by atoms with E-state index >= 15 is 0 Å². The van der Waals surface area contributed by atoms with E-state index in [4.69, 9.17) is 27.2 Å². The van der Waals surface area contributed by atoms with Gasteiger partial charge in [0.25, 0.3) is 0 Å². The van der Waals surface area contributed by atoms with Crippen molar-refractivity contribution >= 4 is 11.6 Å². The normalized spacial score (nSPS) is 28.2. The molecule has 0 aliphatic carbocycles. The van der Waals surface area contributed by atoms with Crippen molar-refractivity contribution < 1.29 is 9.84 Å². The Morgan fingerprint density at radius 1 is 1.22 bits per heavy atom. The van der Waals surface area contributed by atoms with Crippen LogP contribution in [0.1, 0.15) is 6.42 Å². The number of epoxide rings is 1. The third kappa shape index (κ3) is 7.51. The van der Waals surface area contributed by atoms with Crippen LogP contribution in [0.4, 0.5) is 0 Å². The van der Waals surface area contributed by atoms with Crippen molar-refractivity contribution in [3.8, 4) is 0 Å². The SMILES string of the molecule is CN1CC(N)C1.CN1CC(O)C1.ClCCC1CO1. The molecule has 3 fully saturated rings. The zero-order valence-corrected chi connectivity index (χ0v) is 12.1. The van der Waals surface area contributed by atoms with E-state index in [-0.39, 0.29) is 6.10 Å². The summed E-state index contributed by atoms with van der Waals surface area (Å²) in [6.45, 7) is 4.83. The van der Waals surface area contributed by atoms with Crippen molar-refractivity contribution in [3.05, 3.63) is 0 Å². The molecule has 3 saturated heterocycles. The monoisotopic (exact) mass is 279 g/mol. The second-order valence-electron chi connectivity index (χ2n) is 5.29. The minimum absolute atomic E-state index is 0.0324. The van der Waals surface area contributed by atoms with Gasteiger partial charge in [-0.25, -0.2) is 0 Å². The molecule has 0 aromatic carbocycles. The van der Waals surface area contributed by atoms with Gasteiger partial charge in [-0.15, -0.1) is 11.6 Å². The lowest BCUT2D eigenvalue weighted by Crippen LogP contribution is -2.53. The molecule has 6 heteroatoms. The predicted octanol–water partition coefficient (Wildman–Crippen LogP) is -0.434. The number of likely N-dealkylation sites (N-methyl/N-ethyl adjacent to an activating group) is 2. The summed E-state index contributed by atoms with van der Waals surface area (Å²) < 4.78 is 4.86. The van der Waals surface area contributed by atoms with Crippen molar-refractivity contribution in [3.63, 3.8) is 0 Å². The second kappa shape index (κ2) is 8.30. The highest BCUT2D eigenvalue weighted by Gasteiger charge is 2.20. The van der Waals surface area contributed by atoms with Gasteiger partial charge in [0.05, 0.1) is 18.8 Å². The fraction of sp³-hybridized carbons (Fsp3) is 1.00. The molecule has 1 unspecified atom stereocenters. The molecule has 18 heavy (non-hydrogen) atoms. The van der Waals surface area contributed by atoms with E-state index in [9.17, 15) is 0 Å². The summed E-state index contributed by atoms with van der Waals surface area (Å²) in [7, 11) is 4.07. The summed E-state index contributed by atoms with van der Waals surface area (Å²) in [5.74, 6) is 0.741. The highest BCUT2D eigenvalue weighted by atomic mass is 35.5. The molecule has 108 valence electrons. The van der Waals surface area contributed by atoms with Gasteiger partial charge in [-0.3, -0.25) is 0 Å². The number of hydrogen-bond donors (Lipinski definition) is 2. The number of nitrogens with zero attached hydrogens (tertiary/aromatic N) is 2. The topological polar surface area (TPSA) is 65.3 Å². The lowest BCUT2D eigenvalue weighted by atomic mass is 10.2. The van der Waals surface area contributed by atoms with Gasteiger partial charge < -0.3 is 25.4 Å². The number of aliphatic hydroxyl groups excluding tert-OH is 1. The highest BCUT2D eigenvalue weighted by Crippen LogP contribution is 2.12. The molecule has 5 nitrogen and oxygen atoms in total. The largest absolute Gasteiger partial charge is 0.390 e. The first-order valence-corrected chi connectivity index (χ1v) is 7.03. The standard InChI is InChI=1S/C4H7ClO.C4H10N2.C4H9NO/c5-2-1-4-3-6-4;1-6-2-4(5)3-6;1-5-2-4(6)3-5/h4H,1-3H2;4H,2-3,5H2,1H3;4,6H,2-3H2,1H3. The van der Waals surface area contributed by atoms with Gasteiger partial charge in [0.15, 0.2) is 0 Å². The molecule has 3 rings (SSSR count). The molecule has 0 radical (unpaired) electrons. The maximum Gasteiger partial charge on any atom is 0.0821 e. The molecule has 3 heterocycles. The van der Waals surface area contributed by atoms with Crippen LogP contribution in [0.2, 0.25) is 0 Å². The Morgan fingerprint density at radius 3 is 1.78 bits per heavy atom. The van der Waals surface area contributed by atoms with Crippen molar-refractivity contribution in [2.24, 2.45) is 5.73 Å². The maximum atomic E-state index is 8.58. The Morgan fingerprint density at radius 2 is 1.72 bits per heavy atom. The average molecular weight is 280 g/mol. The Kier molecular flexibility index (Phi) is 7.44. The van der Waals surface area contributed by atoms with Crippen LogP contribution < -0.4 is 5.73 Å². The number of hydrogen-bond acceptors (Lipinski definition) is 5. The predicted molar refractivity (Wildman–Crippen MR) is 74.1 cm³/mol. The fourth-order valence-electron chi connectivity index (χ4n) is 1.77. The van der Waals surface area contributed by atoms with Gasteiger partial charge in [-0.2, -0.15) is 0 Å². The molecular formula is C12H26ClN3O2. The third-order valence-corrected chi connectivity index (χ3v) is 3.19. The molecule has 3 aliphatic heterocycles. The Bertz CT molecular complexity index is 189. The summed E-state index contributed by atoms with van der Waals surface area (Å²) in [6, 6.07) is 0.468. The molecule has 0 amide bonds. The van der Waals surface area contributed by atoms with Crippen LogP contribution in [0.15, 0.2) is 0 Å². The van der Waals surface area contributed by atoms with Crippen LogP contribution >= 0.6 is 11.6 Å². The first-order chi connectivity index (χ1) is 8.51. The number of aliphatic hydroxyl groups is 1. The molecule has 3 aliphatic rings. The van der Waals surface area contributed by atoms with E-state index in [2.05, 4.69) is 16.8 Å². The first-order valence-electron chi connectivity index (χ1n) is 6.49. The van der Waals surface area contributed by atoms with Crippen LogP contribution in [0.25, 0.3) is 0 Å². The van der Waals surface area contributed by atoms with Gasteiger partial charge in [-0.1, -0.05) is 0 Å². The second-order valence-corrected chi connectivity index (χ2v) is 5.67. The van der Waals surface area contributed by atoms with Crippen molar-refractivity contribution in [2.45, 2.75) is 24.7 Å². The minimum atomic E-state index is -0.0324. The van der Waals surface area contributed by atoms with E-state index < -0.39 is 0 Å². The summed E-state index contributed by atoms with van der Waals surface area (Å²) in [6.07, 6.45) is 1.51. The highest BCUT2D eigenvalue weighted by molar-refractivity contribution is 6.17. The molecule has 0 spiro atoms. The molecule has 0 aromatic heterocycles. The summed E-state index contributed by atoms with van der Waals surface area (Å²) >= 11 is 5.36. The van der Waals surface area contributed by atoms with Gasteiger partial charge >= 0.3 is 0 Å². The third-order valence-electron chi connectivity index (χ3n) is 2.97. The Labute approximate surface area is 115 Å². The van der Waals surface area contributed by atoms with Crippen LogP contribution in [0, 0.1) is 0 Å². The van der Waals surface area contributed by atoms with Gasteiger partial charge in [0.1, 0.15) is 0 Å². The van der Waals surface area contributed by atoms with Crippen molar-refractivity contribution in [1.82, 2.24) is 9.80 Å². The smallest absolute Gasteiger partial charge is 0.0821 e. The molecule has 3 N–H and O–H groups in total. The van der Waals surface area contributed by atoms with Crippen LogP contribution in [-0.2, 0) is 4.74 Å². The summed E-state index contributed by atoms with van der Waals surface area (Å²) in [5.41, 5.74) is 5.43. The maximum absolute atomic E-state index is 8.58. The molecule has 1 atom stereocenters. The van der Waals surface area contributed by atoms with Gasteiger partial charge in [0.2, 0.25) is 0 Å². The molecule has 0 saturated carbocycles. The lowest BCUT2D eigenvalue weighted by Gasteiger charge is -2.32. The molecular weight excluding hydrogens is 254 g/mol. The fourth-order valence-corrected chi connectivity index (χ4v) is 2.01.